The maximum absolute atomic E-state index is 12.8. The van der Waals surface area contributed by atoms with Gasteiger partial charge in [-0.2, -0.15) is 10.2 Å². The van der Waals surface area contributed by atoms with E-state index in [2.05, 4.69) is 14.8 Å². The van der Waals surface area contributed by atoms with E-state index < -0.39 is 0 Å². The lowest BCUT2D eigenvalue weighted by atomic mass is 10.0. The normalized spacial score (nSPS) is 16.7. The van der Waals surface area contributed by atoms with Gasteiger partial charge in [0.25, 0.3) is 5.91 Å². The first-order valence-electron chi connectivity index (χ1n) is 8.95. The highest BCUT2D eigenvalue weighted by molar-refractivity contribution is 5.92. The Morgan fingerprint density at radius 3 is 2.92 bits per heavy atom. The number of amides is 1. The zero-order chi connectivity index (χ0) is 17.7. The SMILES string of the molecule is Cn1ccc(C(=O)N2CCc3c(c(-c4cocn4)nn3CC3CC3)C2)n1. The minimum absolute atomic E-state index is 0.0442. The lowest BCUT2D eigenvalue weighted by molar-refractivity contribution is 0.0726. The second kappa shape index (κ2) is 5.82. The molecule has 8 nitrogen and oxygen atoms in total. The Kier molecular flexibility index (Phi) is 3.44. The van der Waals surface area contributed by atoms with E-state index in [9.17, 15) is 4.79 Å². The number of aromatic nitrogens is 5. The molecular formula is C18H20N6O2. The molecule has 3 aromatic rings. The van der Waals surface area contributed by atoms with Crippen molar-refractivity contribution in [1.82, 2.24) is 29.4 Å². The van der Waals surface area contributed by atoms with E-state index in [0.29, 0.717) is 18.8 Å². The van der Waals surface area contributed by atoms with Gasteiger partial charge in [-0.15, -0.1) is 0 Å². The van der Waals surface area contributed by atoms with Crippen LogP contribution >= 0.6 is 0 Å². The molecule has 8 heteroatoms. The average Bonchev–Trinajstić information content (AvgIpc) is 3.03. The molecule has 26 heavy (non-hydrogen) atoms. The van der Waals surface area contributed by atoms with Crippen LogP contribution in [0.25, 0.3) is 11.4 Å². The fourth-order valence-electron chi connectivity index (χ4n) is 3.59. The van der Waals surface area contributed by atoms with Gasteiger partial charge >= 0.3 is 0 Å². The van der Waals surface area contributed by atoms with Crippen LogP contribution in [0.5, 0.6) is 0 Å². The highest BCUT2D eigenvalue weighted by Gasteiger charge is 2.32. The number of aryl methyl sites for hydroxylation is 1. The molecular weight excluding hydrogens is 332 g/mol. The zero-order valence-electron chi connectivity index (χ0n) is 14.6. The number of rotatable bonds is 4. The van der Waals surface area contributed by atoms with Crippen LogP contribution in [-0.2, 0) is 26.6 Å². The van der Waals surface area contributed by atoms with Gasteiger partial charge in [0.15, 0.2) is 6.39 Å². The van der Waals surface area contributed by atoms with Gasteiger partial charge in [0, 0.05) is 44.0 Å². The molecule has 1 fully saturated rings. The Bertz CT molecular complexity index is 951. The van der Waals surface area contributed by atoms with Crippen LogP contribution in [0.4, 0.5) is 0 Å². The highest BCUT2D eigenvalue weighted by Crippen LogP contribution is 2.34. The van der Waals surface area contributed by atoms with Crippen molar-refractivity contribution in [2.75, 3.05) is 6.54 Å². The molecule has 0 radical (unpaired) electrons. The van der Waals surface area contributed by atoms with E-state index in [1.54, 1.807) is 23.2 Å². The lowest BCUT2D eigenvalue weighted by Crippen LogP contribution is -2.36. The maximum atomic E-state index is 12.8. The number of hydrogen-bond acceptors (Lipinski definition) is 5. The second-order valence-corrected chi connectivity index (χ2v) is 7.12. The first-order valence-corrected chi connectivity index (χ1v) is 8.95. The van der Waals surface area contributed by atoms with Crippen molar-refractivity contribution in [3.05, 3.63) is 41.9 Å². The molecule has 0 unspecified atom stereocenters. The number of oxazole rings is 1. The third-order valence-electron chi connectivity index (χ3n) is 5.16. The van der Waals surface area contributed by atoms with Gasteiger partial charge in [0.05, 0.1) is 6.54 Å². The zero-order valence-corrected chi connectivity index (χ0v) is 14.6. The standard InChI is InChI=1S/C18H20N6O2/c1-22-6-4-14(20-22)18(25)23-7-5-16-13(9-23)17(15-10-26-11-19-15)21-24(16)8-12-2-3-12/h4,6,10-12H,2-3,5,7-9H2,1H3. The molecule has 2 aliphatic rings. The molecule has 0 atom stereocenters. The van der Waals surface area contributed by atoms with Gasteiger partial charge in [0.1, 0.15) is 23.3 Å². The Balaban J connectivity index is 1.49. The molecule has 0 bridgehead atoms. The summed E-state index contributed by atoms with van der Waals surface area (Å²) < 4.78 is 8.93. The van der Waals surface area contributed by atoms with Crippen molar-refractivity contribution in [3.8, 4) is 11.4 Å². The molecule has 1 aliphatic carbocycles. The second-order valence-electron chi connectivity index (χ2n) is 7.12. The van der Waals surface area contributed by atoms with Gasteiger partial charge in [-0.25, -0.2) is 4.98 Å². The largest absolute Gasteiger partial charge is 0.451 e. The van der Waals surface area contributed by atoms with Crippen LogP contribution in [0.2, 0.25) is 0 Å². The Hall–Kier alpha value is -2.90. The molecule has 134 valence electrons. The van der Waals surface area contributed by atoms with Crippen LogP contribution < -0.4 is 0 Å². The van der Waals surface area contributed by atoms with Crippen molar-refractivity contribution in [1.29, 1.82) is 0 Å². The summed E-state index contributed by atoms with van der Waals surface area (Å²) in [5.41, 5.74) is 4.33. The summed E-state index contributed by atoms with van der Waals surface area (Å²) in [5, 5.41) is 9.07. The number of nitrogens with zero attached hydrogens (tertiary/aromatic N) is 6. The minimum atomic E-state index is -0.0442. The first kappa shape index (κ1) is 15.4. The van der Waals surface area contributed by atoms with E-state index >= 15 is 0 Å². The number of hydrogen-bond donors (Lipinski definition) is 0. The first-order chi connectivity index (χ1) is 12.7. The molecule has 4 heterocycles. The van der Waals surface area contributed by atoms with Gasteiger partial charge in [-0.05, 0) is 24.8 Å². The van der Waals surface area contributed by atoms with E-state index in [-0.39, 0.29) is 5.91 Å². The predicted octanol–water partition coefficient (Wildman–Crippen LogP) is 1.88. The molecule has 1 aliphatic heterocycles. The smallest absolute Gasteiger partial charge is 0.274 e. The van der Waals surface area contributed by atoms with Gasteiger partial charge in [0.2, 0.25) is 0 Å². The van der Waals surface area contributed by atoms with Gasteiger partial charge < -0.3 is 9.32 Å². The van der Waals surface area contributed by atoms with Crippen LogP contribution in [-0.4, -0.2) is 41.9 Å². The maximum Gasteiger partial charge on any atom is 0.274 e. The number of fused-ring (bicyclic) bond motifs is 1. The summed E-state index contributed by atoms with van der Waals surface area (Å²) >= 11 is 0. The molecule has 5 rings (SSSR count). The molecule has 1 saturated carbocycles. The van der Waals surface area contributed by atoms with Crippen LogP contribution in [0.15, 0.2) is 29.3 Å². The van der Waals surface area contributed by atoms with E-state index in [4.69, 9.17) is 9.52 Å². The minimum Gasteiger partial charge on any atom is -0.451 e. The van der Waals surface area contributed by atoms with E-state index in [1.165, 1.54) is 24.9 Å². The van der Waals surface area contributed by atoms with Crippen molar-refractivity contribution in [2.24, 2.45) is 13.0 Å². The van der Waals surface area contributed by atoms with Crippen molar-refractivity contribution >= 4 is 5.91 Å². The van der Waals surface area contributed by atoms with Crippen molar-refractivity contribution in [3.63, 3.8) is 0 Å². The average molecular weight is 352 g/mol. The van der Waals surface area contributed by atoms with Crippen molar-refractivity contribution < 1.29 is 9.21 Å². The summed E-state index contributed by atoms with van der Waals surface area (Å²) in [7, 11) is 1.82. The molecule has 3 aromatic heterocycles. The van der Waals surface area contributed by atoms with Gasteiger partial charge in [-0.3, -0.25) is 14.2 Å². The number of carbonyl (C=O) groups excluding carboxylic acids is 1. The van der Waals surface area contributed by atoms with Crippen LogP contribution in [0.1, 0.15) is 34.6 Å². The summed E-state index contributed by atoms with van der Waals surface area (Å²) in [5.74, 6) is 0.689. The van der Waals surface area contributed by atoms with Crippen molar-refractivity contribution in [2.45, 2.75) is 32.4 Å². The van der Waals surface area contributed by atoms with Gasteiger partial charge in [-0.1, -0.05) is 0 Å². The lowest BCUT2D eigenvalue weighted by Gasteiger charge is -2.27. The molecule has 1 amide bonds. The summed E-state index contributed by atoms with van der Waals surface area (Å²) in [6.07, 6.45) is 8.17. The summed E-state index contributed by atoms with van der Waals surface area (Å²) in [4.78, 5) is 18.9. The van der Waals surface area contributed by atoms with E-state index in [1.807, 2.05) is 11.9 Å². The Morgan fingerprint density at radius 2 is 2.23 bits per heavy atom. The number of carbonyl (C=O) groups is 1. The van der Waals surface area contributed by atoms with E-state index in [0.717, 1.165) is 35.8 Å². The predicted molar refractivity (Wildman–Crippen MR) is 92.1 cm³/mol. The molecule has 0 N–H and O–H groups in total. The van der Waals surface area contributed by atoms with Crippen LogP contribution in [0, 0.1) is 5.92 Å². The molecule has 0 saturated heterocycles. The summed E-state index contributed by atoms with van der Waals surface area (Å²) in [6, 6.07) is 1.76. The Morgan fingerprint density at radius 1 is 1.35 bits per heavy atom. The molecule has 0 spiro atoms. The third kappa shape index (κ3) is 2.61. The monoisotopic (exact) mass is 352 g/mol. The fraction of sp³-hybridized carbons (Fsp3) is 0.444. The third-order valence-corrected chi connectivity index (χ3v) is 5.16. The highest BCUT2D eigenvalue weighted by atomic mass is 16.3. The molecule has 0 aromatic carbocycles. The topological polar surface area (TPSA) is 82.0 Å². The summed E-state index contributed by atoms with van der Waals surface area (Å²) in [6.45, 7) is 2.16. The Labute approximate surface area is 150 Å². The van der Waals surface area contributed by atoms with Crippen LogP contribution in [0.3, 0.4) is 0 Å². The quantitative estimate of drug-likeness (QED) is 0.716. The fourth-order valence-corrected chi connectivity index (χ4v) is 3.59.